The second-order valence-corrected chi connectivity index (χ2v) is 5.54. The van der Waals surface area contributed by atoms with E-state index in [1.54, 1.807) is 0 Å². The molecule has 0 aliphatic heterocycles. The Kier molecular flexibility index (Phi) is 3.77. The molecule has 10 heteroatoms. The number of hydrogen-bond donors (Lipinski definition) is 2. The average Bonchev–Trinajstić information content (AvgIpc) is 2.89. The highest BCUT2D eigenvalue weighted by Crippen LogP contribution is 2.24. The van der Waals surface area contributed by atoms with Crippen LogP contribution in [0.5, 0.6) is 0 Å². The minimum atomic E-state index is -4.13. The van der Waals surface area contributed by atoms with Gasteiger partial charge in [0.1, 0.15) is 5.82 Å². The van der Waals surface area contributed by atoms with Crippen LogP contribution >= 0.6 is 0 Å². The van der Waals surface area contributed by atoms with Crippen molar-refractivity contribution in [3.8, 4) is 0 Å². The van der Waals surface area contributed by atoms with Crippen LogP contribution in [-0.2, 0) is 16.6 Å². The molecule has 0 spiro atoms. The van der Waals surface area contributed by atoms with Crippen LogP contribution in [0.25, 0.3) is 0 Å². The molecule has 1 aromatic carbocycles. The van der Waals surface area contributed by atoms with Crippen molar-refractivity contribution in [2.75, 3.05) is 0 Å². The molecule has 0 aliphatic rings. The highest BCUT2D eigenvalue weighted by Gasteiger charge is 2.26. The van der Waals surface area contributed by atoms with Crippen molar-refractivity contribution in [1.29, 1.82) is 0 Å². The van der Waals surface area contributed by atoms with Gasteiger partial charge in [-0.1, -0.05) is 0 Å². The quantitative estimate of drug-likeness (QED) is 0.629. The smallest absolute Gasteiger partial charge is 0.285 e. The van der Waals surface area contributed by atoms with Crippen LogP contribution in [0.15, 0.2) is 35.5 Å². The molecular formula is C10H9FN4O4S. The first-order valence-electron chi connectivity index (χ1n) is 5.31. The number of aromatic nitrogens is 2. The van der Waals surface area contributed by atoms with Crippen LogP contribution in [0.1, 0.15) is 5.56 Å². The highest BCUT2D eigenvalue weighted by atomic mass is 32.2. The van der Waals surface area contributed by atoms with Crippen LogP contribution in [-0.4, -0.2) is 23.5 Å². The number of nitrogens with zero attached hydrogens (tertiary/aromatic N) is 2. The number of nitrogens with one attached hydrogen (secondary N) is 2. The number of benzene rings is 1. The van der Waals surface area contributed by atoms with Crippen molar-refractivity contribution >= 4 is 15.7 Å². The van der Waals surface area contributed by atoms with Crippen molar-refractivity contribution < 1.29 is 17.7 Å². The van der Waals surface area contributed by atoms with E-state index in [2.05, 4.69) is 14.9 Å². The van der Waals surface area contributed by atoms with Crippen LogP contribution in [0, 0.1) is 15.9 Å². The van der Waals surface area contributed by atoms with E-state index in [1.165, 1.54) is 12.4 Å². The zero-order valence-corrected chi connectivity index (χ0v) is 10.7. The number of halogens is 1. The Morgan fingerprint density at radius 3 is 2.80 bits per heavy atom. The lowest BCUT2D eigenvalue weighted by Crippen LogP contribution is -2.24. The van der Waals surface area contributed by atoms with Crippen LogP contribution < -0.4 is 4.72 Å². The van der Waals surface area contributed by atoms with Crippen molar-refractivity contribution in [2.24, 2.45) is 0 Å². The summed E-state index contributed by atoms with van der Waals surface area (Å²) >= 11 is 0. The Morgan fingerprint density at radius 2 is 2.20 bits per heavy atom. The number of H-pyrrole nitrogens is 1. The van der Waals surface area contributed by atoms with E-state index in [-0.39, 0.29) is 6.54 Å². The van der Waals surface area contributed by atoms with Crippen molar-refractivity contribution in [3.05, 3.63) is 52.1 Å². The summed E-state index contributed by atoms with van der Waals surface area (Å²) in [6.07, 6.45) is 2.88. The van der Waals surface area contributed by atoms with Crippen LogP contribution in [0.2, 0.25) is 0 Å². The number of nitro groups is 1. The summed E-state index contributed by atoms with van der Waals surface area (Å²) in [5.41, 5.74) is -0.261. The molecule has 2 aromatic rings. The number of hydrogen-bond acceptors (Lipinski definition) is 5. The molecule has 20 heavy (non-hydrogen) atoms. The molecule has 0 saturated carbocycles. The van der Waals surface area contributed by atoms with E-state index >= 15 is 0 Å². The maximum atomic E-state index is 13.0. The predicted molar refractivity (Wildman–Crippen MR) is 65.7 cm³/mol. The first-order chi connectivity index (χ1) is 9.40. The molecule has 2 rings (SSSR count). The molecule has 0 atom stereocenters. The fourth-order valence-electron chi connectivity index (χ4n) is 1.49. The van der Waals surface area contributed by atoms with Crippen molar-refractivity contribution in [1.82, 2.24) is 14.9 Å². The number of aromatic amines is 1. The standard InChI is InChI=1S/C10H9FN4O4S/c11-8-1-2-10(9(3-8)15(16)17)20(18,19)14-6-7-4-12-13-5-7/h1-5,14H,6H2,(H,12,13). The van der Waals surface area contributed by atoms with E-state index in [4.69, 9.17) is 0 Å². The Morgan fingerprint density at radius 1 is 1.45 bits per heavy atom. The zero-order valence-electron chi connectivity index (χ0n) is 9.91. The fourth-order valence-corrected chi connectivity index (χ4v) is 2.66. The average molecular weight is 300 g/mol. The van der Waals surface area contributed by atoms with Gasteiger partial charge in [0, 0.05) is 18.3 Å². The van der Waals surface area contributed by atoms with Gasteiger partial charge in [-0.3, -0.25) is 15.2 Å². The molecule has 106 valence electrons. The Bertz CT molecular complexity index is 730. The van der Waals surface area contributed by atoms with Crippen LogP contribution in [0.4, 0.5) is 10.1 Å². The van der Waals surface area contributed by atoms with Gasteiger partial charge in [0.2, 0.25) is 10.0 Å². The third-order valence-corrected chi connectivity index (χ3v) is 3.88. The molecule has 0 saturated heterocycles. The first-order valence-corrected chi connectivity index (χ1v) is 6.80. The van der Waals surface area contributed by atoms with Gasteiger partial charge in [-0.25, -0.2) is 17.5 Å². The van der Waals surface area contributed by atoms with Crippen LogP contribution in [0.3, 0.4) is 0 Å². The van der Waals surface area contributed by atoms with Gasteiger partial charge in [0.15, 0.2) is 4.90 Å². The molecule has 1 heterocycles. The summed E-state index contributed by atoms with van der Waals surface area (Å²) in [6.45, 7) is -0.0899. The molecule has 0 aliphatic carbocycles. The van der Waals surface area contributed by atoms with Gasteiger partial charge in [-0.05, 0) is 12.1 Å². The van der Waals surface area contributed by atoms with E-state index in [1.807, 2.05) is 0 Å². The minimum Gasteiger partial charge on any atom is -0.285 e. The van der Waals surface area contributed by atoms with Crippen molar-refractivity contribution in [2.45, 2.75) is 11.4 Å². The molecule has 0 fully saturated rings. The normalized spacial score (nSPS) is 11.4. The molecule has 8 nitrogen and oxygen atoms in total. The van der Waals surface area contributed by atoms with E-state index in [0.29, 0.717) is 11.6 Å². The summed E-state index contributed by atoms with van der Waals surface area (Å²) < 4.78 is 39.1. The molecular weight excluding hydrogens is 291 g/mol. The van der Waals surface area contributed by atoms with E-state index in [0.717, 1.165) is 12.1 Å². The second kappa shape index (κ2) is 5.35. The molecule has 0 amide bonds. The summed E-state index contributed by atoms with van der Waals surface area (Å²) in [4.78, 5) is 9.25. The fraction of sp³-hybridized carbons (Fsp3) is 0.100. The first kappa shape index (κ1) is 14.1. The van der Waals surface area contributed by atoms with Gasteiger partial charge in [0.05, 0.1) is 17.2 Å². The molecule has 0 unspecified atom stereocenters. The van der Waals surface area contributed by atoms with Gasteiger partial charge in [0.25, 0.3) is 5.69 Å². The maximum absolute atomic E-state index is 13.0. The van der Waals surface area contributed by atoms with Gasteiger partial charge >= 0.3 is 0 Å². The lowest BCUT2D eigenvalue weighted by molar-refractivity contribution is -0.388. The largest absolute Gasteiger partial charge is 0.292 e. The van der Waals surface area contributed by atoms with Gasteiger partial charge in [-0.2, -0.15) is 5.10 Å². The van der Waals surface area contributed by atoms with E-state index in [9.17, 15) is 22.9 Å². The molecule has 0 radical (unpaired) electrons. The monoisotopic (exact) mass is 300 g/mol. The van der Waals surface area contributed by atoms with Crippen molar-refractivity contribution in [3.63, 3.8) is 0 Å². The number of nitro benzene ring substituents is 1. The summed E-state index contributed by atoms with van der Waals surface area (Å²) in [5.74, 6) is -0.884. The third-order valence-electron chi connectivity index (χ3n) is 2.43. The van der Waals surface area contributed by atoms with E-state index < -0.39 is 31.3 Å². The van der Waals surface area contributed by atoms with Gasteiger partial charge in [-0.15, -0.1) is 0 Å². The predicted octanol–water partition coefficient (Wildman–Crippen LogP) is 0.935. The maximum Gasteiger partial charge on any atom is 0.292 e. The number of sulfonamides is 1. The third kappa shape index (κ3) is 2.97. The Balaban J connectivity index is 2.31. The highest BCUT2D eigenvalue weighted by molar-refractivity contribution is 7.89. The lowest BCUT2D eigenvalue weighted by Gasteiger charge is -2.06. The molecule has 1 aromatic heterocycles. The molecule has 0 bridgehead atoms. The topological polar surface area (TPSA) is 118 Å². The summed E-state index contributed by atoms with van der Waals surface area (Å²) in [6, 6.07) is 2.26. The zero-order chi connectivity index (χ0) is 14.8. The summed E-state index contributed by atoms with van der Waals surface area (Å²) in [5, 5.41) is 16.9. The lowest BCUT2D eigenvalue weighted by atomic mass is 10.3. The van der Waals surface area contributed by atoms with Gasteiger partial charge < -0.3 is 0 Å². The minimum absolute atomic E-state index is 0.0899. The Hall–Kier alpha value is -2.33. The SMILES string of the molecule is O=[N+]([O-])c1cc(F)ccc1S(=O)(=O)NCc1cn[nH]c1. The number of rotatable bonds is 5. The molecule has 2 N–H and O–H groups in total. The second-order valence-electron chi connectivity index (χ2n) is 3.80. The Labute approximate surface area is 112 Å². The summed E-state index contributed by atoms with van der Waals surface area (Å²) in [7, 11) is -4.13.